The molecule has 6 nitrogen and oxygen atoms in total. The van der Waals surface area contributed by atoms with Gasteiger partial charge in [-0.1, -0.05) is 6.07 Å². The molecule has 0 radical (unpaired) electrons. The normalized spacial score (nSPS) is 20.9. The Hall–Kier alpha value is -1.86. The van der Waals surface area contributed by atoms with Gasteiger partial charge in [0.2, 0.25) is 0 Å². The Morgan fingerprint density at radius 2 is 2.32 bits per heavy atom. The molecule has 1 aromatic carbocycles. The van der Waals surface area contributed by atoms with E-state index >= 15 is 0 Å². The molecule has 2 rings (SSSR count). The number of rotatable bonds is 4. The van der Waals surface area contributed by atoms with Crippen LogP contribution in [0.25, 0.3) is 6.08 Å². The highest BCUT2D eigenvalue weighted by Crippen LogP contribution is 2.35. The summed E-state index contributed by atoms with van der Waals surface area (Å²) in [4.78, 5) is 23.1. The number of methoxy groups -OCH3 is 1. The van der Waals surface area contributed by atoms with Crippen LogP contribution >= 0.6 is 11.8 Å². The number of aliphatic hydroxyl groups is 1. The number of aliphatic hydroxyl groups excluding tert-OH is 1. The van der Waals surface area contributed by atoms with Crippen LogP contribution in [0.15, 0.2) is 23.1 Å². The number of carbonyl (C=O) groups excluding carboxylic acids is 1. The molecule has 7 heteroatoms. The van der Waals surface area contributed by atoms with Crippen LogP contribution in [0.4, 0.5) is 5.69 Å². The Morgan fingerprint density at radius 3 is 2.86 bits per heavy atom. The summed E-state index contributed by atoms with van der Waals surface area (Å²) in [5.74, 6) is -0.211. The lowest BCUT2D eigenvalue weighted by molar-refractivity contribution is -0.385. The van der Waals surface area contributed by atoms with Gasteiger partial charge in [-0.15, -0.1) is 11.8 Å². The molecule has 1 aliphatic heterocycles. The Balaban J connectivity index is 2.40. The maximum absolute atomic E-state index is 11.6. The van der Waals surface area contributed by atoms with E-state index in [9.17, 15) is 20.0 Å². The first-order valence-corrected chi connectivity index (χ1v) is 7.81. The van der Waals surface area contributed by atoms with Crippen molar-refractivity contribution in [1.82, 2.24) is 0 Å². The van der Waals surface area contributed by atoms with Crippen molar-refractivity contribution in [3.63, 3.8) is 0 Å². The van der Waals surface area contributed by atoms with Crippen LogP contribution in [0.5, 0.6) is 0 Å². The van der Waals surface area contributed by atoms with E-state index < -0.39 is 22.9 Å². The van der Waals surface area contributed by atoms with Crippen LogP contribution in [0.1, 0.15) is 30.4 Å². The summed E-state index contributed by atoms with van der Waals surface area (Å²) in [5.41, 5.74) is 0.870. The van der Waals surface area contributed by atoms with Gasteiger partial charge in [-0.25, -0.2) is 0 Å². The van der Waals surface area contributed by atoms with Crippen molar-refractivity contribution in [1.29, 1.82) is 0 Å². The summed E-state index contributed by atoms with van der Waals surface area (Å²) >= 11 is 1.50. The Bertz CT molecular complexity index is 628. The van der Waals surface area contributed by atoms with E-state index in [1.807, 2.05) is 0 Å². The van der Waals surface area contributed by atoms with Gasteiger partial charge < -0.3 is 9.84 Å². The molecule has 0 aliphatic carbocycles. The molecule has 118 valence electrons. The number of benzene rings is 1. The fourth-order valence-corrected chi connectivity index (χ4v) is 3.34. The van der Waals surface area contributed by atoms with Crippen molar-refractivity contribution in [2.24, 2.45) is 0 Å². The van der Waals surface area contributed by atoms with E-state index in [4.69, 9.17) is 0 Å². The number of ether oxygens (including phenoxy) is 1. The van der Waals surface area contributed by atoms with Crippen molar-refractivity contribution in [3.05, 3.63) is 44.3 Å². The number of nitro benzene ring substituents is 1. The second-order valence-corrected chi connectivity index (χ2v) is 6.19. The first kappa shape index (κ1) is 16.5. The molecule has 1 aliphatic rings. The van der Waals surface area contributed by atoms with Crippen LogP contribution in [-0.2, 0) is 9.53 Å². The molecule has 0 aromatic heterocycles. The minimum absolute atomic E-state index is 0.0829. The van der Waals surface area contributed by atoms with Crippen LogP contribution in [0, 0.1) is 10.1 Å². The highest BCUT2D eigenvalue weighted by Gasteiger charge is 2.23. The molecule has 1 heterocycles. The predicted molar refractivity (Wildman–Crippen MR) is 84.6 cm³/mol. The molecule has 22 heavy (non-hydrogen) atoms. The summed E-state index contributed by atoms with van der Waals surface area (Å²) in [7, 11) is 1.28. The summed E-state index contributed by atoms with van der Waals surface area (Å²) in [6.07, 6.45) is 1.74. The van der Waals surface area contributed by atoms with E-state index in [1.54, 1.807) is 25.1 Å². The molecule has 1 saturated heterocycles. The lowest BCUT2D eigenvalue weighted by atomic mass is 9.98. The minimum atomic E-state index is -0.572. The molecule has 1 N–H and O–H groups in total. The zero-order valence-corrected chi connectivity index (χ0v) is 13.1. The van der Waals surface area contributed by atoms with Gasteiger partial charge in [0.1, 0.15) is 0 Å². The topological polar surface area (TPSA) is 89.7 Å². The number of esters is 1. The van der Waals surface area contributed by atoms with Crippen LogP contribution < -0.4 is 0 Å². The Kier molecular flexibility index (Phi) is 5.20. The molecule has 0 spiro atoms. The van der Waals surface area contributed by atoms with E-state index in [1.165, 1.54) is 24.9 Å². The third kappa shape index (κ3) is 3.48. The van der Waals surface area contributed by atoms with E-state index in [0.29, 0.717) is 17.5 Å². The zero-order valence-electron chi connectivity index (χ0n) is 12.3. The van der Waals surface area contributed by atoms with Gasteiger partial charge in [0.05, 0.1) is 29.6 Å². The number of hydrogen-bond donors (Lipinski definition) is 1. The lowest BCUT2D eigenvalue weighted by Crippen LogP contribution is -2.11. The maximum Gasteiger partial charge on any atom is 0.312 e. The van der Waals surface area contributed by atoms with Crippen molar-refractivity contribution >= 4 is 29.5 Å². The molecule has 1 fully saturated rings. The highest BCUT2D eigenvalue weighted by atomic mass is 32.2. The summed E-state index contributed by atoms with van der Waals surface area (Å²) in [6.45, 7) is 1.64. The van der Waals surface area contributed by atoms with Gasteiger partial charge >= 0.3 is 5.97 Å². The average Bonchev–Trinajstić information content (AvgIpc) is 2.91. The first-order chi connectivity index (χ1) is 10.4. The first-order valence-electron chi connectivity index (χ1n) is 6.82. The van der Waals surface area contributed by atoms with E-state index in [-0.39, 0.29) is 5.69 Å². The van der Waals surface area contributed by atoms with Crippen molar-refractivity contribution < 1.29 is 19.6 Å². The fourth-order valence-electron chi connectivity index (χ4n) is 2.24. The summed E-state index contributed by atoms with van der Waals surface area (Å²) in [6, 6.07) is 4.67. The number of nitrogens with zero attached hydrogens (tertiary/aromatic N) is 1. The molecule has 1 aromatic rings. The molecule has 0 amide bonds. The minimum Gasteiger partial charge on any atom is -0.469 e. The largest absolute Gasteiger partial charge is 0.469 e. The third-order valence-corrected chi connectivity index (χ3v) is 4.76. The maximum atomic E-state index is 11.6. The Morgan fingerprint density at radius 1 is 1.59 bits per heavy atom. The Labute approximate surface area is 132 Å². The molecule has 2 atom stereocenters. The SMILES string of the molecule is COC(=O)C(C)c1ccc(/C=C2/SCCC2O)c([N+](=O)[O-])c1. The average molecular weight is 323 g/mol. The number of nitro groups is 1. The third-order valence-electron chi connectivity index (χ3n) is 3.59. The number of carbonyl (C=O) groups is 1. The van der Waals surface area contributed by atoms with Gasteiger partial charge in [-0.2, -0.15) is 0 Å². The summed E-state index contributed by atoms with van der Waals surface area (Å²) in [5, 5.41) is 21.1. The molecule has 0 saturated carbocycles. The number of thioether (sulfide) groups is 1. The van der Waals surface area contributed by atoms with Gasteiger partial charge in [0, 0.05) is 16.7 Å². The molecule has 2 unspecified atom stereocenters. The second kappa shape index (κ2) is 6.93. The van der Waals surface area contributed by atoms with Crippen LogP contribution in [-0.4, -0.2) is 35.0 Å². The monoisotopic (exact) mass is 323 g/mol. The van der Waals surface area contributed by atoms with Gasteiger partial charge in [-0.05, 0) is 31.1 Å². The van der Waals surface area contributed by atoms with Gasteiger partial charge in [0.25, 0.3) is 5.69 Å². The quantitative estimate of drug-likeness (QED) is 0.520. The standard InChI is InChI=1S/C15H17NO5S/c1-9(15(18)21-2)10-3-4-11(12(7-10)16(19)20)8-14-13(17)5-6-22-14/h3-4,7-9,13,17H,5-6H2,1-2H3/b14-8+. The van der Waals surface area contributed by atoms with E-state index in [2.05, 4.69) is 4.74 Å². The van der Waals surface area contributed by atoms with Crippen molar-refractivity contribution in [2.45, 2.75) is 25.4 Å². The molecular weight excluding hydrogens is 306 g/mol. The fraction of sp³-hybridized carbons (Fsp3) is 0.400. The molecule has 0 bridgehead atoms. The summed E-state index contributed by atoms with van der Waals surface area (Å²) < 4.78 is 4.66. The van der Waals surface area contributed by atoms with Gasteiger partial charge in [-0.3, -0.25) is 14.9 Å². The highest BCUT2D eigenvalue weighted by molar-refractivity contribution is 8.03. The smallest absolute Gasteiger partial charge is 0.312 e. The number of hydrogen-bond acceptors (Lipinski definition) is 6. The molecular formula is C15H17NO5S. The predicted octanol–water partition coefficient (Wildman–Crippen LogP) is 2.71. The van der Waals surface area contributed by atoms with Crippen molar-refractivity contribution in [3.8, 4) is 0 Å². The van der Waals surface area contributed by atoms with Crippen LogP contribution in [0.3, 0.4) is 0 Å². The zero-order chi connectivity index (χ0) is 16.3. The lowest BCUT2D eigenvalue weighted by Gasteiger charge is -2.10. The second-order valence-electron chi connectivity index (χ2n) is 5.02. The van der Waals surface area contributed by atoms with Crippen molar-refractivity contribution in [2.75, 3.05) is 12.9 Å². The van der Waals surface area contributed by atoms with Gasteiger partial charge in [0.15, 0.2) is 0 Å². The van der Waals surface area contributed by atoms with E-state index in [0.717, 1.165) is 10.7 Å². The van der Waals surface area contributed by atoms with Crippen LogP contribution in [0.2, 0.25) is 0 Å².